The molecule has 1 aromatic carbocycles. The molecule has 82 valence electrons. The average molecular weight is 254 g/mol. The Morgan fingerprint density at radius 3 is 2.56 bits per heavy atom. The van der Waals surface area contributed by atoms with Gasteiger partial charge in [0, 0.05) is 29.4 Å². The molecule has 0 spiro atoms. The molecule has 1 heterocycles. The lowest BCUT2D eigenvalue weighted by molar-refractivity contribution is 1.16. The summed E-state index contributed by atoms with van der Waals surface area (Å²) in [6.07, 6.45) is 1.66. The smallest absolute Gasteiger partial charge is 0.224 e. The first-order chi connectivity index (χ1) is 7.72. The number of hydrogen-bond donors (Lipinski definition) is 1. The van der Waals surface area contributed by atoms with E-state index in [0.29, 0.717) is 10.8 Å². The fourth-order valence-electron chi connectivity index (χ4n) is 1.43. The van der Waals surface area contributed by atoms with Crippen molar-refractivity contribution in [1.82, 2.24) is 9.97 Å². The van der Waals surface area contributed by atoms with Crippen LogP contribution in [0.2, 0.25) is 10.3 Å². The van der Waals surface area contributed by atoms with Crippen molar-refractivity contribution in [3.8, 4) is 11.1 Å². The van der Waals surface area contributed by atoms with E-state index in [1.165, 1.54) is 0 Å². The van der Waals surface area contributed by atoms with Crippen molar-refractivity contribution in [1.29, 1.82) is 0 Å². The second-order valence-corrected chi connectivity index (χ2v) is 3.88. The molecule has 0 aliphatic carbocycles. The number of rotatable bonds is 2. The van der Waals surface area contributed by atoms with Crippen molar-refractivity contribution in [2.24, 2.45) is 0 Å². The molecule has 0 aliphatic rings. The third-order valence-corrected chi connectivity index (χ3v) is 2.67. The molecule has 0 unspecified atom stereocenters. The Morgan fingerprint density at radius 2 is 1.88 bits per heavy atom. The van der Waals surface area contributed by atoms with Gasteiger partial charge in [-0.05, 0) is 17.7 Å². The van der Waals surface area contributed by atoms with E-state index in [4.69, 9.17) is 23.2 Å². The lowest BCUT2D eigenvalue weighted by atomic mass is 10.1. The number of benzene rings is 1. The first-order valence-corrected chi connectivity index (χ1v) is 5.43. The minimum atomic E-state index is 0.208. The predicted molar refractivity (Wildman–Crippen MR) is 67.0 cm³/mol. The Hall–Kier alpha value is -1.32. The highest BCUT2D eigenvalue weighted by Gasteiger charge is 2.09. The van der Waals surface area contributed by atoms with Crippen LogP contribution in [0, 0.1) is 0 Å². The maximum Gasteiger partial charge on any atom is 0.224 e. The number of nitrogens with one attached hydrogen (secondary N) is 1. The highest BCUT2D eigenvalue weighted by Crippen LogP contribution is 2.31. The zero-order valence-corrected chi connectivity index (χ0v) is 10.0. The topological polar surface area (TPSA) is 37.8 Å². The van der Waals surface area contributed by atoms with E-state index < -0.39 is 0 Å². The van der Waals surface area contributed by atoms with Gasteiger partial charge in [0.05, 0.1) is 0 Å². The van der Waals surface area contributed by atoms with E-state index >= 15 is 0 Å². The van der Waals surface area contributed by atoms with Gasteiger partial charge in [-0.2, -0.15) is 0 Å². The summed E-state index contributed by atoms with van der Waals surface area (Å²) in [5.74, 6) is 0.660. The van der Waals surface area contributed by atoms with Crippen molar-refractivity contribution >= 4 is 29.0 Å². The van der Waals surface area contributed by atoms with Crippen LogP contribution in [0.4, 0.5) is 5.82 Å². The largest absolute Gasteiger partial charge is 0.372 e. The molecule has 0 aliphatic heterocycles. The van der Waals surface area contributed by atoms with Gasteiger partial charge < -0.3 is 5.32 Å². The predicted octanol–water partition coefficient (Wildman–Crippen LogP) is 3.49. The molecule has 1 aromatic heterocycles. The molecule has 2 aromatic rings. The molecule has 0 saturated heterocycles. The third kappa shape index (κ3) is 2.10. The van der Waals surface area contributed by atoms with Crippen LogP contribution >= 0.6 is 23.2 Å². The number of aromatic nitrogens is 2. The third-order valence-electron chi connectivity index (χ3n) is 2.16. The Labute approximate surface area is 103 Å². The van der Waals surface area contributed by atoms with E-state index in [2.05, 4.69) is 15.3 Å². The van der Waals surface area contributed by atoms with E-state index in [9.17, 15) is 0 Å². The minimum Gasteiger partial charge on any atom is -0.372 e. The van der Waals surface area contributed by atoms with Crippen molar-refractivity contribution in [3.63, 3.8) is 0 Å². The summed E-state index contributed by atoms with van der Waals surface area (Å²) in [6, 6.07) is 7.53. The fraction of sp³-hybridized carbons (Fsp3) is 0.0909. The van der Waals surface area contributed by atoms with Gasteiger partial charge in [-0.3, -0.25) is 0 Å². The zero-order valence-electron chi connectivity index (χ0n) is 8.54. The SMILES string of the molecule is CNc1nc(Cl)ncc1-c1ccccc1Cl. The van der Waals surface area contributed by atoms with Crippen molar-refractivity contribution in [2.75, 3.05) is 12.4 Å². The molecule has 0 bridgehead atoms. The summed E-state index contributed by atoms with van der Waals surface area (Å²) in [6.45, 7) is 0. The van der Waals surface area contributed by atoms with E-state index in [1.54, 1.807) is 13.2 Å². The van der Waals surface area contributed by atoms with Gasteiger partial charge in [0.2, 0.25) is 5.28 Å². The number of halogens is 2. The first-order valence-electron chi connectivity index (χ1n) is 4.67. The average Bonchev–Trinajstić information content (AvgIpc) is 2.30. The molecular weight excluding hydrogens is 245 g/mol. The van der Waals surface area contributed by atoms with E-state index in [-0.39, 0.29) is 5.28 Å². The van der Waals surface area contributed by atoms with Gasteiger partial charge in [0.15, 0.2) is 0 Å². The Bertz CT molecular complexity index is 514. The standard InChI is InChI=1S/C11H9Cl2N3/c1-14-10-8(6-15-11(13)16-10)7-4-2-3-5-9(7)12/h2-6H,1H3,(H,14,15,16). The molecule has 16 heavy (non-hydrogen) atoms. The van der Waals surface area contributed by atoms with Gasteiger partial charge >= 0.3 is 0 Å². The van der Waals surface area contributed by atoms with Crippen LogP contribution in [-0.4, -0.2) is 17.0 Å². The van der Waals surface area contributed by atoms with Gasteiger partial charge in [0.1, 0.15) is 5.82 Å². The van der Waals surface area contributed by atoms with Crippen LogP contribution in [0.1, 0.15) is 0 Å². The summed E-state index contributed by atoms with van der Waals surface area (Å²) >= 11 is 11.8. The number of anilines is 1. The fourth-order valence-corrected chi connectivity index (χ4v) is 1.80. The molecule has 1 N–H and O–H groups in total. The van der Waals surface area contributed by atoms with Gasteiger partial charge in [-0.1, -0.05) is 29.8 Å². The molecule has 3 nitrogen and oxygen atoms in total. The van der Waals surface area contributed by atoms with E-state index in [0.717, 1.165) is 11.1 Å². The van der Waals surface area contributed by atoms with Gasteiger partial charge in [-0.15, -0.1) is 0 Å². The molecule has 5 heteroatoms. The second kappa shape index (κ2) is 4.68. The van der Waals surface area contributed by atoms with Crippen molar-refractivity contribution < 1.29 is 0 Å². The van der Waals surface area contributed by atoms with Crippen LogP contribution in [-0.2, 0) is 0 Å². The normalized spacial score (nSPS) is 10.2. The van der Waals surface area contributed by atoms with Crippen LogP contribution in [0.3, 0.4) is 0 Å². The number of nitrogens with zero attached hydrogens (tertiary/aromatic N) is 2. The molecular formula is C11H9Cl2N3. The monoisotopic (exact) mass is 253 g/mol. The summed E-state index contributed by atoms with van der Waals surface area (Å²) in [7, 11) is 1.78. The van der Waals surface area contributed by atoms with Crippen LogP contribution in [0.15, 0.2) is 30.5 Å². The molecule has 0 atom stereocenters. The van der Waals surface area contributed by atoms with E-state index in [1.807, 2.05) is 24.3 Å². The Morgan fingerprint density at radius 1 is 1.12 bits per heavy atom. The Balaban J connectivity index is 2.60. The summed E-state index contributed by atoms with van der Waals surface area (Å²) in [5, 5.41) is 3.83. The maximum atomic E-state index is 6.11. The van der Waals surface area contributed by atoms with Crippen molar-refractivity contribution in [3.05, 3.63) is 40.8 Å². The molecule has 0 radical (unpaired) electrons. The lowest BCUT2D eigenvalue weighted by Crippen LogP contribution is -1.97. The minimum absolute atomic E-state index is 0.208. The molecule has 0 amide bonds. The summed E-state index contributed by atoms with van der Waals surface area (Å²) < 4.78 is 0. The Kier molecular flexibility index (Phi) is 3.27. The van der Waals surface area contributed by atoms with Gasteiger partial charge in [-0.25, -0.2) is 9.97 Å². The van der Waals surface area contributed by atoms with Crippen LogP contribution < -0.4 is 5.32 Å². The van der Waals surface area contributed by atoms with Crippen molar-refractivity contribution in [2.45, 2.75) is 0 Å². The molecule has 0 saturated carbocycles. The molecule has 2 rings (SSSR count). The highest BCUT2D eigenvalue weighted by atomic mass is 35.5. The van der Waals surface area contributed by atoms with Crippen LogP contribution in [0.5, 0.6) is 0 Å². The first kappa shape index (κ1) is 11.2. The highest BCUT2D eigenvalue weighted by molar-refractivity contribution is 6.33. The summed E-state index contributed by atoms with van der Waals surface area (Å²) in [5.41, 5.74) is 1.71. The second-order valence-electron chi connectivity index (χ2n) is 3.13. The molecule has 0 fully saturated rings. The summed E-state index contributed by atoms with van der Waals surface area (Å²) in [4.78, 5) is 8.05. The zero-order chi connectivity index (χ0) is 11.5. The van der Waals surface area contributed by atoms with Crippen LogP contribution in [0.25, 0.3) is 11.1 Å². The lowest BCUT2D eigenvalue weighted by Gasteiger charge is -2.09. The van der Waals surface area contributed by atoms with Gasteiger partial charge in [0.25, 0.3) is 0 Å². The number of hydrogen-bond acceptors (Lipinski definition) is 3. The quantitative estimate of drug-likeness (QED) is 0.833. The maximum absolute atomic E-state index is 6.11.